The molecule has 0 unspecified atom stereocenters. The second-order valence-electron chi connectivity index (χ2n) is 3.94. The van der Waals surface area contributed by atoms with Gasteiger partial charge in [-0.1, -0.05) is 0 Å². The van der Waals surface area contributed by atoms with Gasteiger partial charge < -0.3 is 10.3 Å². The first-order chi connectivity index (χ1) is 7.63. The lowest BCUT2D eigenvalue weighted by Crippen LogP contribution is -1.99. The van der Waals surface area contributed by atoms with Crippen LogP contribution in [0.15, 0.2) is 18.3 Å². The lowest BCUT2D eigenvalue weighted by Gasteiger charge is -1.99. The molecular formula is C12H14F2N2. The molecule has 4 heteroatoms. The summed E-state index contributed by atoms with van der Waals surface area (Å²) in [7, 11) is 1.76. The van der Waals surface area contributed by atoms with Crippen molar-refractivity contribution in [3.05, 3.63) is 35.5 Å². The van der Waals surface area contributed by atoms with Crippen molar-refractivity contribution < 1.29 is 8.78 Å². The molecule has 1 aromatic carbocycles. The Morgan fingerprint density at radius 2 is 2.06 bits per heavy atom. The van der Waals surface area contributed by atoms with E-state index in [1.54, 1.807) is 11.6 Å². The van der Waals surface area contributed by atoms with E-state index >= 15 is 0 Å². The molecule has 0 bridgehead atoms. The molecule has 0 fully saturated rings. The lowest BCUT2D eigenvalue weighted by molar-refractivity contribution is 0.588. The van der Waals surface area contributed by atoms with Crippen LogP contribution in [0.5, 0.6) is 0 Å². The molecule has 2 rings (SSSR count). The SMILES string of the molecule is Cn1cc(CCCN)c2cc(F)cc(F)c21. The van der Waals surface area contributed by atoms with E-state index in [1.807, 2.05) is 6.20 Å². The number of aryl methyl sites for hydroxylation is 2. The van der Waals surface area contributed by atoms with Gasteiger partial charge in [0.2, 0.25) is 0 Å². The number of nitrogens with two attached hydrogens (primary N) is 1. The topological polar surface area (TPSA) is 30.9 Å². The summed E-state index contributed by atoms with van der Waals surface area (Å²) in [5.41, 5.74) is 6.83. The minimum absolute atomic E-state index is 0.452. The lowest BCUT2D eigenvalue weighted by atomic mass is 10.1. The van der Waals surface area contributed by atoms with Crippen molar-refractivity contribution in [2.45, 2.75) is 12.8 Å². The largest absolute Gasteiger partial charge is 0.348 e. The zero-order chi connectivity index (χ0) is 11.7. The molecule has 2 aromatic rings. The molecule has 2 nitrogen and oxygen atoms in total. The molecular weight excluding hydrogens is 210 g/mol. The van der Waals surface area contributed by atoms with Crippen LogP contribution in [0.25, 0.3) is 10.9 Å². The van der Waals surface area contributed by atoms with E-state index < -0.39 is 11.6 Å². The van der Waals surface area contributed by atoms with Crippen LogP contribution in [0.3, 0.4) is 0 Å². The first-order valence-electron chi connectivity index (χ1n) is 5.26. The van der Waals surface area contributed by atoms with Gasteiger partial charge >= 0.3 is 0 Å². The van der Waals surface area contributed by atoms with Gasteiger partial charge in [0.05, 0.1) is 5.52 Å². The van der Waals surface area contributed by atoms with Crippen LogP contribution in [-0.2, 0) is 13.5 Å². The van der Waals surface area contributed by atoms with E-state index in [1.165, 1.54) is 6.07 Å². The Kier molecular flexibility index (Phi) is 2.92. The number of hydrogen-bond donors (Lipinski definition) is 1. The van der Waals surface area contributed by atoms with Crippen LogP contribution in [0, 0.1) is 11.6 Å². The highest BCUT2D eigenvalue weighted by molar-refractivity contribution is 5.84. The van der Waals surface area contributed by atoms with Crippen molar-refractivity contribution in [1.29, 1.82) is 0 Å². The number of aromatic nitrogens is 1. The fourth-order valence-electron chi connectivity index (χ4n) is 2.03. The first-order valence-corrected chi connectivity index (χ1v) is 5.26. The smallest absolute Gasteiger partial charge is 0.150 e. The first kappa shape index (κ1) is 11.1. The van der Waals surface area contributed by atoms with E-state index in [2.05, 4.69) is 0 Å². The maximum Gasteiger partial charge on any atom is 0.150 e. The quantitative estimate of drug-likeness (QED) is 0.852. The van der Waals surface area contributed by atoms with Gasteiger partial charge in [0.1, 0.15) is 11.6 Å². The van der Waals surface area contributed by atoms with Gasteiger partial charge in [0.25, 0.3) is 0 Å². The summed E-state index contributed by atoms with van der Waals surface area (Å²) in [5.74, 6) is -1.05. The minimum Gasteiger partial charge on any atom is -0.348 e. The monoisotopic (exact) mass is 224 g/mol. The molecule has 0 atom stereocenters. The van der Waals surface area contributed by atoms with Crippen molar-refractivity contribution in [2.75, 3.05) is 6.54 Å². The van der Waals surface area contributed by atoms with Crippen LogP contribution in [0.4, 0.5) is 8.78 Å². The van der Waals surface area contributed by atoms with Gasteiger partial charge in [0.15, 0.2) is 0 Å². The summed E-state index contributed by atoms with van der Waals surface area (Å²) in [6.45, 7) is 0.578. The normalized spacial score (nSPS) is 11.2. The number of benzene rings is 1. The van der Waals surface area contributed by atoms with Crippen molar-refractivity contribution in [3.63, 3.8) is 0 Å². The zero-order valence-electron chi connectivity index (χ0n) is 9.13. The molecule has 1 heterocycles. The number of fused-ring (bicyclic) bond motifs is 1. The molecule has 0 aliphatic heterocycles. The summed E-state index contributed by atoms with van der Waals surface area (Å²) in [4.78, 5) is 0. The molecule has 0 aliphatic carbocycles. The average Bonchev–Trinajstić information content (AvgIpc) is 2.52. The summed E-state index contributed by atoms with van der Waals surface area (Å²) in [6.07, 6.45) is 3.40. The highest BCUT2D eigenvalue weighted by Gasteiger charge is 2.12. The Bertz CT molecular complexity index is 517. The van der Waals surface area contributed by atoms with Crippen LogP contribution >= 0.6 is 0 Å². The molecule has 16 heavy (non-hydrogen) atoms. The van der Waals surface area contributed by atoms with E-state index in [4.69, 9.17) is 5.73 Å². The average molecular weight is 224 g/mol. The molecule has 0 aliphatic rings. The molecule has 1 aromatic heterocycles. The Balaban J connectivity index is 2.59. The number of nitrogens with zero attached hydrogens (tertiary/aromatic N) is 1. The summed E-state index contributed by atoms with van der Waals surface area (Å²) in [6, 6.07) is 2.29. The Morgan fingerprint density at radius 1 is 1.31 bits per heavy atom. The van der Waals surface area contributed by atoms with E-state index in [-0.39, 0.29) is 0 Å². The third kappa shape index (κ3) is 1.80. The predicted molar refractivity (Wildman–Crippen MR) is 60.2 cm³/mol. The summed E-state index contributed by atoms with van der Waals surface area (Å²) < 4.78 is 28.4. The molecule has 0 amide bonds. The highest BCUT2D eigenvalue weighted by Crippen LogP contribution is 2.25. The van der Waals surface area contributed by atoms with Crippen LogP contribution in [0.2, 0.25) is 0 Å². The van der Waals surface area contributed by atoms with Crippen LogP contribution in [-0.4, -0.2) is 11.1 Å². The van der Waals surface area contributed by atoms with Gasteiger partial charge in [-0.05, 0) is 31.0 Å². The van der Waals surface area contributed by atoms with Gasteiger partial charge in [-0.25, -0.2) is 8.78 Å². The zero-order valence-corrected chi connectivity index (χ0v) is 9.13. The fourth-order valence-corrected chi connectivity index (χ4v) is 2.03. The minimum atomic E-state index is -0.537. The van der Waals surface area contributed by atoms with Crippen LogP contribution in [0.1, 0.15) is 12.0 Å². The van der Waals surface area contributed by atoms with Crippen molar-refractivity contribution >= 4 is 10.9 Å². The second kappa shape index (κ2) is 4.22. The number of halogens is 2. The summed E-state index contributed by atoms with van der Waals surface area (Å²) in [5, 5.41) is 0.647. The summed E-state index contributed by atoms with van der Waals surface area (Å²) >= 11 is 0. The maximum absolute atomic E-state index is 13.6. The molecule has 0 spiro atoms. The van der Waals surface area contributed by atoms with Gasteiger partial charge in [0, 0.05) is 24.7 Å². The van der Waals surface area contributed by atoms with E-state index in [0.29, 0.717) is 17.4 Å². The number of rotatable bonds is 3. The van der Waals surface area contributed by atoms with Gasteiger partial charge in [-0.3, -0.25) is 0 Å². The Hall–Kier alpha value is -1.42. The van der Waals surface area contributed by atoms with Crippen molar-refractivity contribution in [3.8, 4) is 0 Å². The Labute approximate surface area is 92.7 Å². The predicted octanol–water partition coefficient (Wildman–Crippen LogP) is 2.35. The highest BCUT2D eigenvalue weighted by atomic mass is 19.1. The van der Waals surface area contributed by atoms with Gasteiger partial charge in [-0.15, -0.1) is 0 Å². The standard InChI is InChI=1S/C12H14F2N2/c1-16-7-8(3-2-4-15)10-5-9(13)6-11(14)12(10)16/h5-7H,2-4,15H2,1H3. The second-order valence-corrected chi connectivity index (χ2v) is 3.94. The third-order valence-electron chi connectivity index (χ3n) is 2.73. The maximum atomic E-state index is 13.6. The third-order valence-corrected chi connectivity index (χ3v) is 2.73. The van der Waals surface area contributed by atoms with Crippen LogP contribution < -0.4 is 5.73 Å². The van der Waals surface area contributed by atoms with E-state index in [0.717, 1.165) is 24.5 Å². The Morgan fingerprint density at radius 3 is 2.75 bits per heavy atom. The molecule has 0 radical (unpaired) electrons. The van der Waals surface area contributed by atoms with Crippen molar-refractivity contribution in [1.82, 2.24) is 4.57 Å². The van der Waals surface area contributed by atoms with Crippen molar-refractivity contribution in [2.24, 2.45) is 12.8 Å². The molecule has 86 valence electrons. The molecule has 2 N–H and O–H groups in total. The molecule has 0 saturated carbocycles. The number of hydrogen-bond acceptors (Lipinski definition) is 1. The van der Waals surface area contributed by atoms with Gasteiger partial charge in [-0.2, -0.15) is 0 Å². The van der Waals surface area contributed by atoms with E-state index in [9.17, 15) is 8.78 Å². The molecule has 0 saturated heterocycles. The fraction of sp³-hybridized carbons (Fsp3) is 0.333.